The zero-order valence-electron chi connectivity index (χ0n) is 13.2. The Balaban J connectivity index is 1.91. The lowest BCUT2D eigenvalue weighted by molar-refractivity contribution is 0.101. The zero-order valence-corrected chi connectivity index (χ0v) is 14.0. The molecule has 1 aromatic carbocycles. The van der Waals surface area contributed by atoms with E-state index in [1.165, 1.54) is 35.1 Å². The van der Waals surface area contributed by atoms with Crippen LogP contribution >= 0.6 is 11.3 Å². The number of benzene rings is 1. The first-order chi connectivity index (χ1) is 11.6. The Morgan fingerprint density at radius 2 is 2.04 bits per heavy atom. The van der Waals surface area contributed by atoms with Gasteiger partial charge in [0.2, 0.25) is 0 Å². The number of ketones is 1. The highest BCUT2D eigenvalue weighted by Crippen LogP contribution is 2.31. The highest BCUT2D eigenvalue weighted by molar-refractivity contribution is 7.13. The molecule has 7 heteroatoms. The van der Waals surface area contributed by atoms with Crippen LogP contribution in [0.5, 0.6) is 5.75 Å². The van der Waals surface area contributed by atoms with Crippen molar-refractivity contribution < 1.29 is 9.53 Å². The van der Waals surface area contributed by atoms with Crippen LogP contribution in [0.2, 0.25) is 0 Å². The van der Waals surface area contributed by atoms with Crippen LogP contribution in [0.25, 0.3) is 10.6 Å². The fraction of sp³-hybridized carbons (Fsp3) is 0.176. The molecule has 6 nitrogen and oxygen atoms in total. The average molecular weight is 341 g/mol. The molecule has 0 saturated carbocycles. The first-order valence-electron chi connectivity index (χ1n) is 7.25. The lowest BCUT2D eigenvalue weighted by atomic mass is 10.2. The van der Waals surface area contributed by atoms with E-state index in [-0.39, 0.29) is 23.6 Å². The van der Waals surface area contributed by atoms with Crippen molar-refractivity contribution in [2.75, 3.05) is 7.11 Å². The fourth-order valence-corrected chi connectivity index (χ4v) is 3.07. The van der Waals surface area contributed by atoms with Crippen LogP contribution < -0.4 is 10.3 Å². The number of carbonyl (C=O) groups is 1. The second-order valence-electron chi connectivity index (χ2n) is 5.11. The van der Waals surface area contributed by atoms with Gasteiger partial charge in [0.15, 0.2) is 5.78 Å². The first-order valence-corrected chi connectivity index (χ1v) is 8.13. The van der Waals surface area contributed by atoms with Gasteiger partial charge in [0.25, 0.3) is 5.56 Å². The number of aromatic nitrogens is 3. The van der Waals surface area contributed by atoms with Crippen molar-refractivity contribution in [1.82, 2.24) is 14.8 Å². The summed E-state index contributed by atoms with van der Waals surface area (Å²) in [6, 6.07) is 10.4. The van der Waals surface area contributed by atoms with Crippen molar-refractivity contribution >= 4 is 17.1 Å². The van der Waals surface area contributed by atoms with Crippen molar-refractivity contribution in [2.24, 2.45) is 0 Å². The summed E-state index contributed by atoms with van der Waals surface area (Å²) in [5.74, 6) is 0.559. The Labute approximate surface area is 142 Å². The summed E-state index contributed by atoms with van der Waals surface area (Å²) in [5, 5.41) is 6.75. The third-order valence-electron chi connectivity index (χ3n) is 3.43. The summed E-state index contributed by atoms with van der Waals surface area (Å²) < 4.78 is 6.60. The van der Waals surface area contributed by atoms with E-state index in [9.17, 15) is 9.59 Å². The first kappa shape index (κ1) is 16.1. The molecule has 122 valence electrons. The Bertz CT molecular complexity index is 946. The molecule has 0 spiro atoms. The molecule has 2 heterocycles. The van der Waals surface area contributed by atoms with Crippen LogP contribution in [0, 0.1) is 0 Å². The predicted molar refractivity (Wildman–Crippen MR) is 91.7 cm³/mol. The van der Waals surface area contributed by atoms with Gasteiger partial charge in [0, 0.05) is 18.4 Å². The van der Waals surface area contributed by atoms with Crippen LogP contribution in [-0.4, -0.2) is 27.7 Å². The minimum absolute atomic E-state index is 0.184. The van der Waals surface area contributed by atoms with Crippen LogP contribution in [0.3, 0.4) is 0 Å². The van der Waals surface area contributed by atoms with Gasteiger partial charge in [0.1, 0.15) is 16.5 Å². The van der Waals surface area contributed by atoms with Crippen molar-refractivity contribution in [3.05, 3.63) is 63.5 Å². The quantitative estimate of drug-likeness (QED) is 0.667. The lowest BCUT2D eigenvalue weighted by Crippen LogP contribution is -2.24. The SMILES string of the molecule is COc1ccccc1-c1nc(Cn2nc(C(C)=O)ccc2=O)cs1. The number of Topliss-reactive ketones (excluding diaryl/α,β-unsaturated/α-hetero) is 1. The van der Waals surface area contributed by atoms with E-state index in [1.54, 1.807) is 7.11 Å². The maximum Gasteiger partial charge on any atom is 0.267 e. The van der Waals surface area contributed by atoms with Gasteiger partial charge in [-0.25, -0.2) is 9.67 Å². The van der Waals surface area contributed by atoms with Crippen LogP contribution in [0.4, 0.5) is 0 Å². The Morgan fingerprint density at radius 3 is 2.79 bits per heavy atom. The van der Waals surface area contributed by atoms with Crippen molar-refractivity contribution in [2.45, 2.75) is 13.5 Å². The molecule has 0 aliphatic carbocycles. The van der Waals surface area contributed by atoms with E-state index in [4.69, 9.17) is 4.74 Å². The van der Waals surface area contributed by atoms with Gasteiger partial charge in [0.05, 0.1) is 24.9 Å². The molecule has 0 saturated heterocycles. The second-order valence-corrected chi connectivity index (χ2v) is 5.97. The number of methoxy groups -OCH3 is 1. The maximum absolute atomic E-state index is 11.9. The average Bonchev–Trinajstić information content (AvgIpc) is 3.05. The van der Waals surface area contributed by atoms with Gasteiger partial charge in [-0.1, -0.05) is 12.1 Å². The Hall–Kier alpha value is -2.80. The number of rotatable bonds is 5. The highest BCUT2D eigenvalue weighted by Gasteiger charge is 2.11. The molecule has 0 N–H and O–H groups in total. The molecule has 3 aromatic rings. The normalized spacial score (nSPS) is 10.6. The smallest absolute Gasteiger partial charge is 0.267 e. The molecule has 0 aliphatic rings. The molecule has 2 aromatic heterocycles. The van der Waals surface area contributed by atoms with Gasteiger partial charge in [-0.3, -0.25) is 9.59 Å². The van der Waals surface area contributed by atoms with Gasteiger partial charge in [-0.15, -0.1) is 11.3 Å². The third-order valence-corrected chi connectivity index (χ3v) is 4.35. The van der Waals surface area contributed by atoms with Crippen LogP contribution in [0.1, 0.15) is 23.1 Å². The molecule has 0 radical (unpaired) electrons. The van der Waals surface area contributed by atoms with Crippen LogP contribution in [-0.2, 0) is 6.54 Å². The summed E-state index contributed by atoms with van der Waals surface area (Å²) >= 11 is 1.47. The molecular weight excluding hydrogens is 326 g/mol. The Kier molecular flexibility index (Phi) is 4.52. The minimum Gasteiger partial charge on any atom is -0.496 e. The molecular formula is C17H15N3O3S. The molecule has 3 rings (SSSR count). The summed E-state index contributed by atoms with van der Waals surface area (Å²) in [6.07, 6.45) is 0. The van der Waals surface area contributed by atoms with E-state index in [2.05, 4.69) is 10.1 Å². The Morgan fingerprint density at radius 1 is 1.25 bits per heavy atom. The molecule has 24 heavy (non-hydrogen) atoms. The standard InChI is InChI=1S/C17H15N3O3S/c1-11(21)14-7-8-16(22)20(19-14)9-12-10-24-17(18-12)13-5-3-4-6-15(13)23-2/h3-8,10H,9H2,1-2H3. The van der Waals surface area contributed by atoms with E-state index in [1.807, 2.05) is 29.6 Å². The summed E-state index contributed by atoms with van der Waals surface area (Å²) in [4.78, 5) is 27.9. The largest absolute Gasteiger partial charge is 0.496 e. The summed E-state index contributed by atoms with van der Waals surface area (Å²) in [6.45, 7) is 1.63. The van der Waals surface area contributed by atoms with Gasteiger partial charge < -0.3 is 4.74 Å². The monoisotopic (exact) mass is 341 g/mol. The molecule has 0 amide bonds. The van der Waals surface area contributed by atoms with Crippen molar-refractivity contribution in [1.29, 1.82) is 0 Å². The maximum atomic E-state index is 11.9. The molecule has 0 atom stereocenters. The van der Waals surface area contributed by atoms with E-state index >= 15 is 0 Å². The van der Waals surface area contributed by atoms with Crippen LogP contribution in [0.15, 0.2) is 46.6 Å². The number of thiazole rings is 1. The summed E-state index contributed by atoms with van der Waals surface area (Å²) in [5.41, 5.74) is 1.59. The zero-order chi connectivity index (χ0) is 17.1. The van der Waals surface area contributed by atoms with Gasteiger partial charge in [-0.2, -0.15) is 5.10 Å². The summed E-state index contributed by atoms with van der Waals surface area (Å²) in [7, 11) is 1.62. The second kappa shape index (κ2) is 6.76. The number of nitrogens with zero attached hydrogens (tertiary/aromatic N) is 3. The lowest BCUT2D eigenvalue weighted by Gasteiger charge is -2.05. The van der Waals surface area contributed by atoms with E-state index < -0.39 is 0 Å². The van der Waals surface area contributed by atoms with Crippen molar-refractivity contribution in [3.63, 3.8) is 0 Å². The van der Waals surface area contributed by atoms with E-state index in [0.29, 0.717) is 5.69 Å². The van der Waals surface area contributed by atoms with Gasteiger partial charge in [-0.05, 0) is 18.2 Å². The number of hydrogen-bond acceptors (Lipinski definition) is 6. The number of hydrogen-bond donors (Lipinski definition) is 0. The predicted octanol–water partition coefficient (Wildman–Crippen LogP) is 2.63. The number of carbonyl (C=O) groups excluding carboxylic acids is 1. The highest BCUT2D eigenvalue weighted by atomic mass is 32.1. The topological polar surface area (TPSA) is 74.1 Å². The molecule has 0 aliphatic heterocycles. The number of ether oxygens (including phenoxy) is 1. The van der Waals surface area contributed by atoms with Gasteiger partial charge >= 0.3 is 0 Å². The molecule has 0 unspecified atom stereocenters. The van der Waals surface area contributed by atoms with E-state index in [0.717, 1.165) is 16.3 Å². The van der Waals surface area contributed by atoms with Crippen molar-refractivity contribution in [3.8, 4) is 16.3 Å². The fourth-order valence-electron chi connectivity index (χ4n) is 2.23. The minimum atomic E-state index is -0.271. The number of para-hydroxylation sites is 1. The molecule has 0 bridgehead atoms. The molecule has 0 fully saturated rings. The third kappa shape index (κ3) is 3.26.